The molecule has 1 aromatic carbocycles. The summed E-state index contributed by atoms with van der Waals surface area (Å²) < 4.78 is 5.51. The minimum absolute atomic E-state index is 0.0875. The molecule has 1 rings (SSSR count). The number of halogens is 1. The van der Waals surface area contributed by atoms with Crippen LogP contribution in [0.5, 0.6) is 0 Å². The first-order chi connectivity index (χ1) is 7.67. The first-order valence-electron chi connectivity index (χ1n) is 5.00. The van der Waals surface area contributed by atoms with E-state index in [2.05, 4.69) is 5.16 Å². The number of benzene rings is 1. The van der Waals surface area contributed by atoms with Gasteiger partial charge in [0, 0.05) is 5.02 Å². The fraction of sp³-hybridized carbons (Fsp3) is 0.364. The predicted octanol–water partition coefficient (Wildman–Crippen LogP) is 2.38. The van der Waals surface area contributed by atoms with Crippen molar-refractivity contribution in [1.82, 2.24) is 0 Å². The summed E-state index contributed by atoms with van der Waals surface area (Å²) in [5.41, 5.74) is 6.43. The van der Waals surface area contributed by atoms with Crippen LogP contribution < -0.4 is 5.73 Å². The average molecular weight is 243 g/mol. The monoisotopic (exact) mass is 242 g/mol. The quantitative estimate of drug-likeness (QED) is 0.361. The van der Waals surface area contributed by atoms with Crippen LogP contribution in [0.25, 0.3) is 0 Å². The zero-order valence-corrected chi connectivity index (χ0v) is 9.81. The van der Waals surface area contributed by atoms with Crippen LogP contribution in [-0.4, -0.2) is 17.1 Å². The fourth-order valence-corrected chi connectivity index (χ4v) is 1.51. The average Bonchev–Trinajstić information content (AvgIpc) is 2.29. The van der Waals surface area contributed by atoms with E-state index in [1.54, 1.807) is 6.07 Å². The second-order valence-corrected chi connectivity index (χ2v) is 3.80. The molecule has 0 saturated carbocycles. The summed E-state index contributed by atoms with van der Waals surface area (Å²) >= 11 is 5.84. The Bertz CT molecular complexity index is 369. The van der Waals surface area contributed by atoms with Crippen LogP contribution in [0.15, 0.2) is 29.4 Å². The molecule has 0 amide bonds. The topological polar surface area (TPSA) is 67.8 Å². The minimum Gasteiger partial charge on any atom is -0.409 e. The van der Waals surface area contributed by atoms with Crippen LogP contribution in [0.2, 0.25) is 5.02 Å². The largest absolute Gasteiger partial charge is 0.409 e. The van der Waals surface area contributed by atoms with Crippen molar-refractivity contribution in [3.05, 3.63) is 34.9 Å². The molecule has 1 unspecified atom stereocenters. The molecule has 0 aliphatic rings. The number of oxime groups is 1. The molecule has 1 atom stereocenters. The zero-order chi connectivity index (χ0) is 12.0. The van der Waals surface area contributed by atoms with Crippen LogP contribution in [-0.2, 0) is 11.3 Å². The van der Waals surface area contributed by atoms with E-state index < -0.39 is 0 Å². The second kappa shape index (κ2) is 6.35. The maximum Gasteiger partial charge on any atom is 0.168 e. The summed E-state index contributed by atoms with van der Waals surface area (Å²) in [6.45, 7) is 2.29. The van der Waals surface area contributed by atoms with Gasteiger partial charge in [-0.05, 0) is 24.1 Å². The summed E-state index contributed by atoms with van der Waals surface area (Å²) in [6.07, 6.45) is 0.278. The van der Waals surface area contributed by atoms with Gasteiger partial charge in [0.1, 0.15) is 6.10 Å². The molecule has 4 nitrogen and oxygen atoms in total. The van der Waals surface area contributed by atoms with Gasteiger partial charge in [-0.2, -0.15) is 0 Å². The summed E-state index contributed by atoms with van der Waals surface area (Å²) in [7, 11) is 0. The number of nitrogens with zero attached hydrogens (tertiary/aromatic N) is 1. The van der Waals surface area contributed by atoms with Crippen molar-refractivity contribution in [3.63, 3.8) is 0 Å². The van der Waals surface area contributed by atoms with Gasteiger partial charge in [-0.25, -0.2) is 0 Å². The Morgan fingerprint density at radius 3 is 2.94 bits per heavy atom. The van der Waals surface area contributed by atoms with Crippen molar-refractivity contribution in [2.75, 3.05) is 0 Å². The molecule has 0 aromatic heterocycles. The molecule has 0 saturated heterocycles. The highest BCUT2D eigenvalue weighted by Gasteiger charge is 2.11. The van der Waals surface area contributed by atoms with Gasteiger partial charge in [-0.15, -0.1) is 0 Å². The lowest BCUT2D eigenvalue weighted by Crippen LogP contribution is -2.30. The Kier molecular flexibility index (Phi) is 5.08. The van der Waals surface area contributed by atoms with Gasteiger partial charge in [0.2, 0.25) is 0 Å². The lowest BCUT2D eigenvalue weighted by Gasteiger charge is -2.14. The summed E-state index contributed by atoms with van der Waals surface area (Å²) in [4.78, 5) is 0. The Hall–Kier alpha value is -1.26. The smallest absolute Gasteiger partial charge is 0.168 e. The van der Waals surface area contributed by atoms with Crippen LogP contribution in [0.1, 0.15) is 18.9 Å². The van der Waals surface area contributed by atoms with Gasteiger partial charge in [0.15, 0.2) is 5.84 Å². The highest BCUT2D eigenvalue weighted by atomic mass is 35.5. The Morgan fingerprint density at radius 1 is 1.62 bits per heavy atom. The standard InChI is InChI=1S/C11H15ClN2O2/c1-2-10(11(13)14-15)16-7-8-4-3-5-9(12)6-8/h3-6,10,15H,2,7H2,1H3,(H2,13,14). The van der Waals surface area contributed by atoms with E-state index in [9.17, 15) is 0 Å². The number of ether oxygens (including phenoxy) is 1. The van der Waals surface area contributed by atoms with E-state index in [1.165, 1.54) is 0 Å². The second-order valence-electron chi connectivity index (χ2n) is 3.36. The lowest BCUT2D eigenvalue weighted by molar-refractivity contribution is 0.0788. The molecule has 0 spiro atoms. The zero-order valence-electron chi connectivity index (χ0n) is 9.06. The first kappa shape index (κ1) is 12.8. The Balaban J connectivity index is 2.56. The molecule has 0 radical (unpaired) electrons. The van der Waals surface area contributed by atoms with Gasteiger partial charge < -0.3 is 15.7 Å². The third-order valence-corrected chi connectivity index (χ3v) is 2.39. The number of hydrogen-bond acceptors (Lipinski definition) is 3. The van der Waals surface area contributed by atoms with E-state index in [1.807, 2.05) is 25.1 Å². The summed E-state index contributed by atoms with van der Waals surface area (Å²) in [6, 6.07) is 7.38. The number of amidine groups is 1. The third-order valence-electron chi connectivity index (χ3n) is 2.16. The van der Waals surface area contributed by atoms with Gasteiger partial charge in [0.25, 0.3) is 0 Å². The third kappa shape index (κ3) is 3.72. The fourth-order valence-electron chi connectivity index (χ4n) is 1.30. The number of hydrogen-bond donors (Lipinski definition) is 2. The summed E-state index contributed by atoms with van der Waals surface area (Å²) in [5.74, 6) is 0.0875. The van der Waals surface area contributed by atoms with Crippen molar-refractivity contribution in [2.45, 2.75) is 26.1 Å². The molecular weight excluding hydrogens is 228 g/mol. The van der Waals surface area contributed by atoms with Crippen LogP contribution >= 0.6 is 11.6 Å². The van der Waals surface area contributed by atoms with Crippen LogP contribution in [0, 0.1) is 0 Å². The predicted molar refractivity (Wildman–Crippen MR) is 63.7 cm³/mol. The van der Waals surface area contributed by atoms with Crippen molar-refractivity contribution in [1.29, 1.82) is 0 Å². The van der Waals surface area contributed by atoms with Crippen molar-refractivity contribution >= 4 is 17.4 Å². The highest BCUT2D eigenvalue weighted by molar-refractivity contribution is 6.30. The Labute approximate surface area is 99.7 Å². The van der Waals surface area contributed by atoms with Gasteiger partial charge in [-0.3, -0.25) is 0 Å². The molecule has 1 aromatic rings. The molecule has 88 valence electrons. The first-order valence-corrected chi connectivity index (χ1v) is 5.38. The summed E-state index contributed by atoms with van der Waals surface area (Å²) in [5, 5.41) is 12.1. The van der Waals surface area contributed by atoms with E-state index >= 15 is 0 Å². The molecule has 5 heteroatoms. The van der Waals surface area contributed by atoms with Crippen molar-refractivity contribution < 1.29 is 9.94 Å². The molecule has 0 fully saturated rings. The number of rotatable bonds is 5. The van der Waals surface area contributed by atoms with Crippen LogP contribution in [0.4, 0.5) is 0 Å². The highest BCUT2D eigenvalue weighted by Crippen LogP contribution is 2.12. The lowest BCUT2D eigenvalue weighted by atomic mass is 10.2. The van der Waals surface area contributed by atoms with E-state index in [0.717, 1.165) is 5.56 Å². The van der Waals surface area contributed by atoms with Crippen molar-refractivity contribution in [3.8, 4) is 0 Å². The SMILES string of the molecule is CCC(OCc1cccc(Cl)c1)C(N)=NO. The minimum atomic E-state index is -0.371. The molecule has 0 aliphatic carbocycles. The molecule has 3 N–H and O–H groups in total. The molecule has 16 heavy (non-hydrogen) atoms. The Morgan fingerprint density at radius 2 is 2.38 bits per heavy atom. The molecule has 0 heterocycles. The normalized spacial score (nSPS) is 13.8. The van der Waals surface area contributed by atoms with Crippen molar-refractivity contribution in [2.24, 2.45) is 10.9 Å². The van der Waals surface area contributed by atoms with Gasteiger partial charge in [0.05, 0.1) is 6.61 Å². The molecule has 0 aliphatic heterocycles. The van der Waals surface area contributed by atoms with E-state index in [0.29, 0.717) is 18.1 Å². The van der Waals surface area contributed by atoms with Crippen LogP contribution in [0.3, 0.4) is 0 Å². The number of nitrogens with two attached hydrogens (primary N) is 1. The molecular formula is C11H15ClN2O2. The van der Waals surface area contributed by atoms with E-state index in [4.69, 9.17) is 27.3 Å². The van der Waals surface area contributed by atoms with E-state index in [-0.39, 0.29) is 11.9 Å². The molecule has 0 bridgehead atoms. The maximum atomic E-state index is 8.54. The van der Waals surface area contributed by atoms with Gasteiger partial charge in [-0.1, -0.05) is 35.8 Å². The maximum absolute atomic E-state index is 8.54. The van der Waals surface area contributed by atoms with Gasteiger partial charge >= 0.3 is 0 Å².